The molecule has 3 rings (SSSR count). The van der Waals surface area contributed by atoms with E-state index in [2.05, 4.69) is 9.47 Å². The Kier molecular flexibility index (Phi) is 4.13. The van der Waals surface area contributed by atoms with Gasteiger partial charge in [-0.25, -0.2) is 0 Å². The summed E-state index contributed by atoms with van der Waals surface area (Å²) in [5, 5.41) is 20.6. The van der Waals surface area contributed by atoms with E-state index in [1.54, 1.807) is 0 Å². The molecule has 28 heavy (non-hydrogen) atoms. The molecule has 3 fully saturated rings. The fourth-order valence-corrected chi connectivity index (χ4v) is 3.67. The summed E-state index contributed by atoms with van der Waals surface area (Å²) in [6.45, 7) is -2.46. The zero-order valence-electron chi connectivity index (χ0n) is 14.5. The third-order valence-corrected chi connectivity index (χ3v) is 5.37. The molecule has 160 valence electrons. The maximum Gasteiger partial charge on any atom is 0.446 e. The second-order valence-corrected chi connectivity index (χ2v) is 7.23. The molecule has 0 aromatic rings. The first-order chi connectivity index (χ1) is 12.4. The molecule has 2 N–H and O–H groups in total. The predicted octanol–water partition coefficient (Wildman–Crippen LogP) is -0.263. The van der Waals surface area contributed by atoms with E-state index in [4.69, 9.17) is 0 Å². The van der Waals surface area contributed by atoms with Gasteiger partial charge >= 0.3 is 12.4 Å². The van der Waals surface area contributed by atoms with Gasteiger partial charge in [0.1, 0.15) is 0 Å². The van der Waals surface area contributed by atoms with Gasteiger partial charge in [0.2, 0.25) is 11.8 Å². The topological polar surface area (TPSA) is 99.5 Å². The van der Waals surface area contributed by atoms with Crippen LogP contribution in [0.4, 0.5) is 26.3 Å². The van der Waals surface area contributed by atoms with Gasteiger partial charge in [-0.3, -0.25) is 9.59 Å². The highest BCUT2D eigenvalue weighted by Crippen LogP contribution is 2.60. The van der Waals surface area contributed by atoms with E-state index < -0.39 is 73.1 Å². The normalized spacial score (nSPS) is 34.2. The Balaban J connectivity index is 2.09. The lowest BCUT2D eigenvalue weighted by atomic mass is 9.75. The Morgan fingerprint density at radius 3 is 1.18 bits per heavy atom. The van der Waals surface area contributed by atoms with Gasteiger partial charge in [0.15, 0.2) is 11.2 Å². The van der Waals surface area contributed by atoms with E-state index in [9.17, 15) is 46.1 Å². The zero-order valence-corrected chi connectivity index (χ0v) is 14.5. The number of hydrogen-bond donors (Lipinski definition) is 2. The van der Waals surface area contributed by atoms with Crippen molar-refractivity contribution in [1.82, 2.24) is 9.80 Å². The molecule has 2 spiro atoms. The molecule has 0 radical (unpaired) electrons. The minimum Gasteiger partial charge on any atom is -0.356 e. The van der Waals surface area contributed by atoms with Gasteiger partial charge in [0.05, 0.1) is 26.2 Å². The molecule has 3 aliphatic rings. The molecule has 0 saturated carbocycles. The number of carbonyl (C=O) groups is 2. The predicted molar refractivity (Wildman–Crippen MR) is 74.1 cm³/mol. The second-order valence-electron chi connectivity index (χ2n) is 7.23. The SMILES string of the molecule is CC(=O)N1CC2(C1)OC(O)(C(F)(F)F)C1(CN(C(C)=O)C1)OC2(O)C(F)(F)F. The number of carbonyl (C=O) groups excluding carboxylic acids is 2. The van der Waals surface area contributed by atoms with Crippen molar-refractivity contribution < 1.29 is 55.6 Å². The highest BCUT2D eigenvalue weighted by molar-refractivity contribution is 5.75. The van der Waals surface area contributed by atoms with Crippen LogP contribution < -0.4 is 0 Å². The van der Waals surface area contributed by atoms with Crippen LogP contribution in [0.5, 0.6) is 0 Å². The van der Waals surface area contributed by atoms with Gasteiger partial charge in [-0.2, -0.15) is 26.3 Å². The fourth-order valence-electron chi connectivity index (χ4n) is 3.67. The number of nitrogens with zero attached hydrogens (tertiary/aromatic N) is 2. The highest BCUT2D eigenvalue weighted by atomic mass is 19.4. The van der Waals surface area contributed by atoms with Crippen molar-refractivity contribution in [2.45, 2.75) is 49.0 Å². The highest BCUT2D eigenvalue weighted by Gasteiger charge is 2.87. The molecule has 0 aromatic heterocycles. The van der Waals surface area contributed by atoms with Crippen LogP contribution in [0.1, 0.15) is 13.8 Å². The Hall–Kier alpha value is -1.64. The molecule has 0 aromatic carbocycles. The van der Waals surface area contributed by atoms with Crippen LogP contribution in [0, 0.1) is 0 Å². The van der Waals surface area contributed by atoms with Crippen molar-refractivity contribution >= 4 is 11.8 Å². The Morgan fingerprint density at radius 1 is 0.750 bits per heavy atom. The fraction of sp³-hybridized carbons (Fsp3) is 0.857. The maximum atomic E-state index is 13.7. The largest absolute Gasteiger partial charge is 0.446 e. The summed E-state index contributed by atoms with van der Waals surface area (Å²) in [5.74, 6) is -10.1. The smallest absolute Gasteiger partial charge is 0.356 e. The van der Waals surface area contributed by atoms with Crippen molar-refractivity contribution in [3.05, 3.63) is 0 Å². The number of alkyl halides is 6. The Bertz CT molecular complexity index is 654. The van der Waals surface area contributed by atoms with E-state index >= 15 is 0 Å². The molecule has 8 nitrogen and oxygen atoms in total. The molecule has 14 heteroatoms. The molecule has 3 saturated heterocycles. The Morgan fingerprint density at radius 2 is 1.00 bits per heavy atom. The molecule has 2 unspecified atom stereocenters. The molecular formula is C14H16F6N2O6. The standard InChI is InChI=1S/C14H16F6N2O6/c1-7(23)21-3-9(4-21)11(25,13(15,16)17)28-10(5-22(6-10)8(2)24)12(26,27-9)14(18,19)20/h25-26H,3-6H2,1-2H3. The van der Waals surface area contributed by atoms with Crippen LogP contribution in [-0.4, -0.2) is 93.1 Å². The summed E-state index contributed by atoms with van der Waals surface area (Å²) < 4.78 is 91.2. The van der Waals surface area contributed by atoms with E-state index in [1.165, 1.54) is 0 Å². The van der Waals surface area contributed by atoms with Gasteiger partial charge in [-0.1, -0.05) is 0 Å². The molecule has 0 aliphatic carbocycles. The van der Waals surface area contributed by atoms with Gasteiger partial charge in [0.25, 0.3) is 11.6 Å². The van der Waals surface area contributed by atoms with Crippen LogP contribution in [0.2, 0.25) is 0 Å². The third kappa shape index (κ3) is 2.40. The molecule has 2 atom stereocenters. The summed E-state index contributed by atoms with van der Waals surface area (Å²) in [5.41, 5.74) is -6.22. The van der Waals surface area contributed by atoms with Gasteiger partial charge in [0, 0.05) is 13.8 Å². The first-order valence-corrected chi connectivity index (χ1v) is 7.93. The summed E-state index contributed by atoms with van der Waals surface area (Å²) in [4.78, 5) is 24.0. The van der Waals surface area contributed by atoms with E-state index in [0.717, 1.165) is 13.8 Å². The third-order valence-electron chi connectivity index (χ3n) is 5.37. The van der Waals surface area contributed by atoms with Gasteiger partial charge in [-0.15, -0.1) is 0 Å². The van der Waals surface area contributed by atoms with Crippen molar-refractivity contribution in [2.24, 2.45) is 0 Å². The summed E-state index contributed by atoms with van der Waals surface area (Å²) in [7, 11) is 0. The average molecular weight is 422 g/mol. The van der Waals surface area contributed by atoms with Crippen LogP contribution in [0.15, 0.2) is 0 Å². The first-order valence-electron chi connectivity index (χ1n) is 7.93. The number of rotatable bonds is 0. The maximum absolute atomic E-state index is 13.7. The first kappa shape index (κ1) is 21.1. The van der Waals surface area contributed by atoms with Crippen molar-refractivity contribution in [1.29, 1.82) is 0 Å². The second kappa shape index (κ2) is 5.49. The minimum atomic E-state index is -5.63. The minimum absolute atomic E-state index is 0.692. The van der Waals surface area contributed by atoms with Crippen LogP contribution in [0.3, 0.4) is 0 Å². The van der Waals surface area contributed by atoms with Gasteiger partial charge < -0.3 is 29.5 Å². The number of aliphatic hydroxyl groups is 2. The average Bonchev–Trinajstić information content (AvgIpc) is 2.41. The van der Waals surface area contributed by atoms with Crippen LogP contribution in [0.25, 0.3) is 0 Å². The van der Waals surface area contributed by atoms with E-state index in [0.29, 0.717) is 9.80 Å². The number of amides is 2. The summed E-state index contributed by atoms with van der Waals surface area (Å²) in [6.07, 6.45) is -11.3. The molecule has 3 aliphatic heterocycles. The lowest BCUT2D eigenvalue weighted by molar-refractivity contribution is -0.581. The number of halogens is 6. The summed E-state index contributed by atoms with van der Waals surface area (Å²) in [6, 6.07) is 0. The molecule has 3 heterocycles. The van der Waals surface area contributed by atoms with E-state index in [1.807, 2.05) is 0 Å². The van der Waals surface area contributed by atoms with Crippen LogP contribution in [-0.2, 0) is 19.1 Å². The lowest BCUT2D eigenvalue weighted by Crippen LogP contribution is -2.93. The molecular weight excluding hydrogens is 406 g/mol. The van der Waals surface area contributed by atoms with Crippen LogP contribution >= 0.6 is 0 Å². The number of ether oxygens (including phenoxy) is 2. The molecule has 2 amide bonds. The van der Waals surface area contributed by atoms with Gasteiger partial charge in [-0.05, 0) is 0 Å². The monoisotopic (exact) mass is 422 g/mol. The van der Waals surface area contributed by atoms with Crippen molar-refractivity contribution in [3.63, 3.8) is 0 Å². The van der Waals surface area contributed by atoms with E-state index in [-0.39, 0.29) is 0 Å². The lowest BCUT2D eigenvalue weighted by Gasteiger charge is -2.68. The van der Waals surface area contributed by atoms with Crippen molar-refractivity contribution in [3.8, 4) is 0 Å². The Labute approximate surface area is 153 Å². The zero-order chi connectivity index (χ0) is 21.6. The quantitative estimate of drug-likeness (QED) is 0.522. The molecule has 0 bridgehead atoms. The number of hydrogen-bond acceptors (Lipinski definition) is 6. The van der Waals surface area contributed by atoms with Crippen molar-refractivity contribution in [2.75, 3.05) is 26.2 Å². The summed E-state index contributed by atoms with van der Waals surface area (Å²) >= 11 is 0. The number of likely N-dealkylation sites (tertiary alicyclic amines) is 2.